The summed E-state index contributed by atoms with van der Waals surface area (Å²) in [5.74, 6) is -2.83. The van der Waals surface area contributed by atoms with Crippen LogP contribution in [-0.4, -0.2) is 82.0 Å². The largest absolute Gasteiger partial charge is 0.470 e. The van der Waals surface area contributed by atoms with E-state index >= 15 is 0 Å². The Kier molecular flexibility index (Phi) is 7.06. The van der Waals surface area contributed by atoms with Crippen molar-refractivity contribution < 1.29 is 31.8 Å². The van der Waals surface area contributed by atoms with Crippen LogP contribution in [0.3, 0.4) is 0 Å². The van der Waals surface area contributed by atoms with E-state index in [-0.39, 0.29) is 53.8 Å². The van der Waals surface area contributed by atoms with E-state index in [1.165, 1.54) is 13.1 Å². The number of alkyl halides is 2. The highest BCUT2D eigenvalue weighted by Crippen LogP contribution is 2.42. The minimum Gasteiger partial charge on any atom is -0.470 e. The van der Waals surface area contributed by atoms with Crippen LogP contribution in [0.2, 0.25) is 0 Å². The van der Waals surface area contributed by atoms with Gasteiger partial charge >= 0.3 is 0 Å². The van der Waals surface area contributed by atoms with Crippen LogP contribution in [0.15, 0.2) is 6.20 Å². The molecule has 0 spiro atoms. The van der Waals surface area contributed by atoms with Gasteiger partial charge in [-0.15, -0.1) is 0 Å². The summed E-state index contributed by atoms with van der Waals surface area (Å²) in [6.07, 6.45) is 3.29. The van der Waals surface area contributed by atoms with E-state index in [2.05, 4.69) is 15.3 Å². The Labute approximate surface area is 215 Å². The number of hydrogen-bond donors (Lipinski definition) is 2. The van der Waals surface area contributed by atoms with Crippen molar-refractivity contribution in [1.82, 2.24) is 14.3 Å². The summed E-state index contributed by atoms with van der Waals surface area (Å²) in [4.78, 5) is 8.53. The molecule has 3 unspecified atom stereocenters. The first-order valence-corrected chi connectivity index (χ1v) is 14.5. The maximum atomic E-state index is 13.8. The number of sulfonamides is 1. The zero-order chi connectivity index (χ0) is 26.4. The summed E-state index contributed by atoms with van der Waals surface area (Å²) in [6.45, 7) is 1.91. The quantitative estimate of drug-likeness (QED) is 0.533. The van der Waals surface area contributed by atoms with Crippen molar-refractivity contribution >= 4 is 16.0 Å². The number of ether oxygens (including phenoxy) is 2. The Hall–Kier alpha value is -2.14. The summed E-state index contributed by atoms with van der Waals surface area (Å²) in [6, 6.07) is 1.63. The van der Waals surface area contributed by atoms with Crippen molar-refractivity contribution in [2.45, 2.75) is 107 Å². The number of nitrogens with one attached hydrogen (secondary N) is 1. The number of nitriles is 1. The van der Waals surface area contributed by atoms with Gasteiger partial charge in [0, 0.05) is 37.6 Å². The number of anilines is 1. The highest BCUT2D eigenvalue weighted by atomic mass is 32.2. The van der Waals surface area contributed by atoms with E-state index < -0.39 is 40.5 Å². The average Bonchev–Trinajstić information content (AvgIpc) is 3.41. The predicted molar refractivity (Wildman–Crippen MR) is 129 cm³/mol. The number of aromatic nitrogens is 2. The molecule has 10 nitrogen and oxygen atoms in total. The van der Waals surface area contributed by atoms with Gasteiger partial charge in [0.05, 0.1) is 18.1 Å². The van der Waals surface area contributed by atoms with Crippen LogP contribution >= 0.6 is 0 Å². The van der Waals surface area contributed by atoms with Crippen molar-refractivity contribution in [3.8, 4) is 11.9 Å². The maximum Gasteiger partial charge on any atom is 0.251 e. The third-order valence-corrected chi connectivity index (χ3v) is 9.98. The Morgan fingerprint density at radius 2 is 2.03 bits per heavy atom. The van der Waals surface area contributed by atoms with Crippen molar-refractivity contribution in [3.63, 3.8) is 0 Å². The molecule has 0 aromatic carbocycles. The zero-order valence-corrected chi connectivity index (χ0v) is 21.6. The number of aliphatic hydroxyl groups is 1. The summed E-state index contributed by atoms with van der Waals surface area (Å²) in [5.41, 5.74) is -1.75. The van der Waals surface area contributed by atoms with Crippen LogP contribution in [0.5, 0.6) is 5.88 Å². The van der Waals surface area contributed by atoms with Crippen molar-refractivity contribution in [2.75, 3.05) is 17.7 Å². The highest BCUT2D eigenvalue weighted by molar-refractivity contribution is 7.89. The molecular formula is C24H33F2N5O5S. The van der Waals surface area contributed by atoms with Gasteiger partial charge in [0.25, 0.3) is 5.92 Å². The number of halogens is 2. The lowest BCUT2D eigenvalue weighted by Gasteiger charge is -2.40. The molecule has 1 aromatic rings. The Morgan fingerprint density at radius 1 is 1.30 bits per heavy atom. The fourth-order valence-electron chi connectivity index (χ4n) is 6.29. The number of hydrogen-bond acceptors (Lipinski definition) is 9. The van der Waals surface area contributed by atoms with Crippen molar-refractivity contribution in [1.29, 1.82) is 5.26 Å². The fraction of sp³-hybridized carbons (Fsp3) is 0.792. The SMILES string of the molecule is C[C@@]1(O)CC(F)(F)CC[C@@H]1Oc1nc(NC2CC3CCC(C2)N3S(=O)(=O)CC2CCCO2)ncc1C#N. The molecule has 2 N–H and O–H groups in total. The third kappa shape index (κ3) is 5.67. The molecule has 1 aliphatic carbocycles. The molecule has 13 heteroatoms. The number of rotatable bonds is 7. The number of piperidine rings is 1. The van der Waals surface area contributed by atoms with E-state index in [4.69, 9.17) is 9.47 Å². The van der Waals surface area contributed by atoms with E-state index in [0.29, 0.717) is 19.4 Å². The molecule has 0 amide bonds. The van der Waals surface area contributed by atoms with Gasteiger partial charge in [-0.2, -0.15) is 14.6 Å². The van der Waals surface area contributed by atoms with Crippen LogP contribution in [0, 0.1) is 11.3 Å². The van der Waals surface area contributed by atoms with Gasteiger partial charge in [0.1, 0.15) is 23.3 Å². The first-order valence-electron chi connectivity index (χ1n) is 12.9. The molecule has 3 aliphatic heterocycles. The van der Waals surface area contributed by atoms with Crippen LogP contribution in [-0.2, 0) is 14.8 Å². The van der Waals surface area contributed by atoms with Crippen LogP contribution in [0.4, 0.5) is 14.7 Å². The first-order chi connectivity index (χ1) is 17.5. The number of fused-ring (bicyclic) bond motifs is 2. The van der Waals surface area contributed by atoms with E-state index in [9.17, 15) is 27.6 Å². The van der Waals surface area contributed by atoms with Crippen LogP contribution < -0.4 is 10.1 Å². The molecular weight excluding hydrogens is 508 g/mol. The summed E-state index contributed by atoms with van der Waals surface area (Å²) < 4.78 is 66.9. The summed E-state index contributed by atoms with van der Waals surface area (Å²) in [7, 11) is -3.43. The molecule has 1 saturated carbocycles. The molecule has 5 atom stereocenters. The zero-order valence-electron chi connectivity index (χ0n) is 20.8. The lowest BCUT2D eigenvalue weighted by molar-refractivity contribution is -0.162. The van der Waals surface area contributed by atoms with Crippen molar-refractivity contribution in [2.24, 2.45) is 0 Å². The lowest BCUT2D eigenvalue weighted by Crippen LogP contribution is -2.52. The van der Waals surface area contributed by atoms with Gasteiger partial charge in [-0.1, -0.05) is 0 Å². The Morgan fingerprint density at radius 3 is 2.65 bits per heavy atom. The predicted octanol–water partition coefficient (Wildman–Crippen LogP) is 2.58. The second-order valence-corrected chi connectivity index (χ2v) is 12.9. The normalized spacial score (nSPS) is 35.7. The minimum absolute atomic E-state index is 0.0222. The van der Waals surface area contributed by atoms with E-state index in [1.807, 2.05) is 6.07 Å². The topological polar surface area (TPSA) is 138 Å². The van der Waals surface area contributed by atoms with Crippen LogP contribution in [0.25, 0.3) is 0 Å². The van der Waals surface area contributed by atoms with Crippen molar-refractivity contribution in [3.05, 3.63) is 11.8 Å². The van der Waals surface area contributed by atoms with Gasteiger partial charge < -0.3 is 19.9 Å². The molecule has 37 heavy (non-hydrogen) atoms. The number of nitrogens with zero attached hydrogens (tertiary/aromatic N) is 4. The van der Waals surface area contributed by atoms with E-state index in [1.54, 1.807) is 4.31 Å². The molecule has 4 fully saturated rings. The summed E-state index contributed by atoms with van der Waals surface area (Å²) >= 11 is 0. The molecule has 3 saturated heterocycles. The standard InChI is InChI=1S/C24H33F2N5O5S/c1-23(32)14-24(25,26)7-6-20(23)36-21-15(11-27)12-28-22(30-21)29-16-9-17-4-5-18(10-16)31(17)37(33,34)13-19-3-2-8-35-19/h12,16-20,32H,2-10,13-14H2,1H3,(H,28,29,30)/t16?,17?,18?,19?,20-,23+/m0/s1. The molecule has 5 rings (SSSR count). The molecule has 204 valence electrons. The summed E-state index contributed by atoms with van der Waals surface area (Å²) in [5, 5.41) is 23.3. The fourth-order valence-corrected chi connectivity index (χ4v) is 8.48. The van der Waals surface area contributed by atoms with Gasteiger partial charge in [-0.05, 0) is 51.9 Å². The Balaban J connectivity index is 1.26. The smallest absolute Gasteiger partial charge is 0.251 e. The molecule has 4 aliphatic rings. The monoisotopic (exact) mass is 541 g/mol. The van der Waals surface area contributed by atoms with E-state index in [0.717, 1.165) is 25.7 Å². The maximum absolute atomic E-state index is 13.8. The highest BCUT2D eigenvalue weighted by Gasteiger charge is 2.50. The van der Waals surface area contributed by atoms with Gasteiger partial charge in [-0.25, -0.2) is 22.2 Å². The second kappa shape index (κ2) is 9.87. The minimum atomic E-state index is -3.43. The average molecular weight is 542 g/mol. The van der Waals surface area contributed by atoms with Gasteiger partial charge in [-0.3, -0.25) is 0 Å². The molecule has 0 radical (unpaired) electrons. The molecule has 1 aromatic heterocycles. The Bertz CT molecular complexity index is 1140. The lowest BCUT2D eigenvalue weighted by atomic mass is 9.81. The van der Waals surface area contributed by atoms with Gasteiger partial charge in [0.15, 0.2) is 0 Å². The second-order valence-electron chi connectivity index (χ2n) is 11.0. The third-order valence-electron chi connectivity index (χ3n) is 7.95. The molecule has 2 bridgehead atoms. The van der Waals surface area contributed by atoms with Gasteiger partial charge in [0.2, 0.25) is 21.9 Å². The van der Waals surface area contributed by atoms with Crippen LogP contribution in [0.1, 0.15) is 70.3 Å². The first kappa shape index (κ1) is 26.5. The molecule has 4 heterocycles.